The summed E-state index contributed by atoms with van der Waals surface area (Å²) >= 11 is 1.64. The van der Waals surface area contributed by atoms with Crippen LogP contribution in [0.1, 0.15) is 39.5 Å². The smallest absolute Gasteiger partial charge is 0.230 e. The molecule has 1 fully saturated rings. The summed E-state index contributed by atoms with van der Waals surface area (Å²) in [5.74, 6) is 1.35. The van der Waals surface area contributed by atoms with E-state index in [1.165, 1.54) is 19.3 Å². The Hall–Kier alpha value is -0.220. The Labute approximate surface area is 103 Å². The molecule has 3 atom stereocenters. The highest BCUT2D eigenvalue weighted by Crippen LogP contribution is 2.23. The van der Waals surface area contributed by atoms with Crippen molar-refractivity contribution < 1.29 is 4.79 Å². The molecular weight excluding hydrogens is 220 g/mol. The largest absolute Gasteiger partial charge is 0.352 e. The van der Waals surface area contributed by atoms with Gasteiger partial charge in [0.15, 0.2) is 0 Å². The molecule has 1 amide bonds. The first-order valence-corrected chi connectivity index (χ1v) is 7.29. The van der Waals surface area contributed by atoms with Crippen LogP contribution in [0.4, 0.5) is 0 Å². The molecule has 0 aromatic carbocycles. The highest BCUT2D eigenvalue weighted by molar-refractivity contribution is 8.00. The number of rotatable bonds is 5. The van der Waals surface area contributed by atoms with Crippen LogP contribution in [0, 0.1) is 5.92 Å². The Kier molecular flexibility index (Phi) is 6.21. The van der Waals surface area contributed by atoms with Crippen molar-refractivity contribution in [1.29, 1.82) is 0 Å². The molecule has 0 heterocycles. The lowest BCUT2D eigenvalue weighted by molar-refractivity contribution is -0.119. The van der Waals surface area contributed by atoms with Gasteiger partial charge in [-0.1, -0.05) is 26.7 Å². The van der Waals surface area contributed by atoms with Crippen LogP contribution in [0.5, 0.6) is 0 Å². The third-order valence-electron chi connectivity index (χ3n) is 3.29. The highest BCUT2D eigenvalue weighted by Gasteiger charge is 2.22. The summed E-state index contributed by atoms with van der Waals surface area (Å²) in [5, 5.41) is 3.52. The maximum Gasteiger partial charge on any atom is 0.230 e. The van der Waals surface area contributed by atoms with Crippen molar-refractivity contribution in [3.63, 3.8) is 0 Å². The number of amides is 1. The summed E-state index contributed by atoms with van der Waals surface area (Å²) in [4.78, 5) is 11.7. The lowest BCUT2D eigenvalue weighted by atomic mass is 9.86. The van der Waals surface area contributed by atoms with Crippen LogP contribution in [0.2, 0.25) is 0 Å². The van der Waals surface area contributed by atoms with Crippen molar-refractivity contribution in [1.82, 2.24) is 5.32 Å². The Morgan fingerprint density at radius 3 is 2.81 bits per heavy atom. The van der Waals surface area contributed by atoms with E-state index in [9.17, 15) is 4.79 Å². The maximum absolute atomic E-state index is 11.7. The van der Waals surface area contributed by atoms with Gasteiger partial charge in [-0.25, -0.2) is 0 Å². The predicted molar refractivity (Wildman–Crippen MR) is 70.5 cm³/mol. The minimum Gasteiger partial charge on any atom is -0.352 e. The molecule has 0 aromatic heterocycles. The second-order valence-electron chi connectivity index (χ2n) is 4.79. The van der Waals surface area contributed by atoms with Gasteiger partial charge in [-0.05, 0) is 18.8 Å². The highest BCUT2D eigenvalue weighted by atomic mass is 32.2. The number of nitrogens with one attached hydrogen (secondary N) is 1. The first kappa shape index (κ1) is 13.8. The quantitative estimate of drug-likeness (QED) is 0.775. The second kappa shape index (κ2) is 7.17. The van der Waals surface area contributed by atoms with E-state index in [-0.39, 0.29) is 5.91 Å². The van der Waals surface area contributed by atoms with E-state index in [0.29, 0.717) is 29.5 Å². The zero-order valence-corrected chi connectivity index (χ0v) is 11.2. The van der Waals surface area contributed by atoms with Crippen LogP contribution in [-0.2, 0) is 4.79 Å². The van der Waals surface area contributed by atoms with E-state index in [2.05, 4.69) is 19.2 Å². The van der Waals surface area contributed by atoms with E-state index in [1.54, 1.807) is 11.8 Å². The molecule has 3 nitrogen and oxygen atoms in total. The van der Waals surface area contributed by atoms with Crippen LogP contribution in [0.3, 0.4) is 0 Å². The zero-order valence-electron chi connectivity index (χ0n) is 10.4. The van der Waals surface area contributed by atoms with E-state index >= 15 is 0 Å². The number of carbonyl (C=O) groups is 1. The normalized spacial score (nSPS) is 27.4. The first-order chi connectivity index (χ1) is 7.63. The molecule has 4 heteroatoms. The number of nitrogens with two attached hydrogens (primary N) is 1. The fourth-order valence-corrected chi connectivity index (χ4v) is 2.72. The molecule has 1 rings (SSSR count). The summed E-state index contributed by atoms with van der Waals surface area (Å²) < 4.78 is 0. The third kappa shape index (κ3) is 4.74. The minimum atomic E-state index is 0.170. The molecule has 0 aromatic rings. The van der Waals surface area contributed by atoms with Crippen LogP contribution >= 0.6 is 11.8 Å². The molecule has 94 valence electrons. The molecule has 3 N–H and O–H groups in total. The molecule has 0 radical (unpaired) electrons. The van der Waals surface area contributed by atoms with Gasteiger partial charge in [-0.15, -0.1) is 11.8 Å². The fraction of sp³-hybridized carbons (Fsp3) is 0.917. The van der Waals surface area contributed by atoms with Crippen molar-refractivity contribution in [2.24, 2.45) is 11.7 Å². The SMILES string of the molecule is CC(CN)SCC(=O)NC1CCCCC1C. The maximum atomic E-state index is 11.7. The number of thioether (sulfide) groups is 1. The van der Waals surface area contributed by atoms with Crippen molar-refractivity contribution in [2.75, 3.05) is 12.3 Å². The van der Waals surface area contributed by atoms with Gasteiger partial charge in [0.1, 0.15) is 0 Å². The third-order valence-corrected chi connectivity index (χ3v) is 4.48. The molecule has 0 bridgehead atoms. The summed E-state index contributed by atoms with van der Waals surface area (Å²) in [6.07, 6.45) is 4.95. The first-order valence-electron chi connectivity index (χ1n) is 6.24. The van der Waals surface area contributed by atoms with Crippen LogP contribution in [0.15, 0.2) is 0 Å². The Morgan fingerprint density at radius 1 is 1.50 bits per heavy atom. The lowest BCUT2D eigenvalue weighted by Gasteiger charge is -2.29. The van der Waals surface area contributed by atoms with Crippen molar-refractivity contribution in [3.05, 3.63) is 0 Å². The molecule has 1 saturated carbocycles. The molecule has 16 heavy (non-hydrogen) atoms. The minimum absolute atomic E-state index is 0.170. The zero-order chi connectivity index (χ0) is 12.0. The number of hydrogen-bond acceptors (Lipinski definition) is 3. The van der Waals surface area contributed by atoms with E-state index in [1.807, 2.05) is 0 Å². The molecule has 0 spiro atoms. The predicted octanol–water partition coefficient (Wildman–Crippen LogP) is 1.76. The average Bonchev–Trinajstić information content (AvgIpc) is 2.29. The van der Waals surface area contributed by atoms with Crippen LogP contribution in [0.25, 0.3) is 0 Å². The topological polar surface area (TPSA) is 55.1 Å². The molecule has 0 aliphatic heterocycles. The molecular formula is C12H24N2OS. The van der Waals surface area contributed by atoms with Gasteiger partial charge in [0.2, 0.25) is 5.91 Å². The van der Waals surface area contributed by atoms with Crippen LogP contribution < -0.4 is 11.1 Å². The molecule has 3 unspecified atom stereocenters. The Morgan fingerprint density at radius 2 is 2.19 bits per heavy atom. The van der Waals surface area contributed by atoms with E-state index in [0.717, 1.165) is 6.42 Å². The monoisotopic (exact) mass is 244 g/mol. The molecule has 1 aliphatic rings. The Balaban J connectivity index is 2.22. The standard InChI is InChI=1S/C12H24N2OS/c1-9-5-3-4-6-11(9)14-12(15)8-16-10(2)7-13/h9-11H,3-8,13H2,1-2H3,(H,14,15). The van der Waals surface area contributed by atoms with E-state index < -0.39 is 0 Å². The van der Waals surface area contributed by atoms with Crippen molar-refractivity contribution in [3.8, 4) is 0 Å². The van der Waals surface area contributed by atoms with Gasteiger partial charge in [-0.3, -0.25) is 4.79 Å². The lowest BCUT2D eigenvalue weighted by Crippen LogP contribution is -2.42. The van der Waals surface area contributed by atoms with Gasteiger partial charge in [0, 0.05) is 17.8 Å². The molecule has 0 saturated heterocycles. The number of hydrogen-bond donors (Lipinski definition) is 2. The Bertz CT molecular complexity index is 223. The van der Waals surface area contributed by atoms with Gasteiger partial charge in [0.25, 0.3) is 0 Å². The second-order valence-corrected chi connectivity index (χ2v) is 6.22. The van der Waals surface area contributed by atoms with E-state index in [4.69, 9.17) is 5.73 Å². The summed E-state index contributed by atoms with van der Waals surface area (Å²) in [6.45, 7) is 4.93. The molecule has 1 aliphatic carbocycles. The number of carbonyl (C=O) groups excluding carboxylic acids is 1. The fourth-order valence-electron chi connectivity index (χ4n) is 2.07. The van der Waals surface area contributed by atoms with Gasteiger partial charge < -0.3 is 11.1 Å². The van der Waals surface area contributed by atoms with Crippen molar-refractivity contribution >= 4 is 17.7 Å². The van der Waals surface area contributed by atoms with Gasteiger partial charge >= 0.3 is 0 Å². The average molecular weight is 244 g/mol. The van der Waals surface area contributed by atoms with Gasteiger partial charge in [0.05, 0.1) is 5.75 Å². The van der Waals surface area contributed by atoms with Crippen molar-refractivity contribution in [2.45, 2.75) is 50.8 Å². The van der Waals surface area contributed by atoms with Crippen LogP contribution in [-0.4, -0.2) is 29.5 Å². The summed E-state index contributed by atoms with van der Waals surface area (Å²) in [7, 11) is 0. The summed E-state index contributed by atoms with van der Waals surface area (Å²) in [6, 6.07) is 0.398. The summed E-state index contributed by atoms with van der Waals surface area (Å²) in [5.41, 5.74) is 5.51. The van der Waals surface area contributed by atoms with Gasteiger partial charge in [-0.2, -0.15) is 0 Å².